The van der Waals surface area contributed by atoms with Crippen molar-refractivity contribution in [3.63, 3.8) is 0 Å². The van der Waals surface area contributed by atoms with E-state index in [1.54, 1.807) is 7.11 Å². The normalized spacial score (nSPS) is 10.3. The Morgan fingerprint density at radius 1 is 0.875 bits per heavy atom. The van der Waals surface area contributed by atoms with E-state index in [1.807, 2.05) is 55.5 Å². The van der Waals surface area contributed by atoms with Gasteiger partial charge in [-0.3, -0.25) is 0 Å². The SMILES string of the molecule is COc1ccc(Nc2nc(C)nc(Nc3cccc(P)c3)n2)cc1. The molecule has 0 amide bonds. The van der Waals surface area contributed by atoms with Gasteiger partial charge in [0.15, 0.2) is 0 Å². The van der Waals surface area contributed by atoms with Gasteiger partial charge in [-0.15, -0.1) is 9.24 Å². The van der Waals surface area contributed by atoms with Gasteiger partial charge in [-0.25, -0.2) is 0 Å². The first-order valence-corrected chi connectivity index (χ1v) is 7.96. The molecule has 0 radical (unpaired) electrons. The summed E-state index contributed by atoms with van der Waals surface area (Å²) in [4.78, 5) is 13.1. The Labute approximate surface area is 142 Å². The largest absolute Gasteiger partial charge is 0.497 e. The van der Waals surface area contributed by atoms with Gasteiger partial charge < -0.3 is 15.4 Å². The van der Waals surface area contributed by atoms with Crippen LogP contribution in [0.4, 0.5) is 23.3 Å². The van der Waals surface area contributed by atoms with Crippen molar-refractivity contribution in [2.24, 2.45) is 0 Å². The Morgan fingerprint density at radius 3 is 2.17 bits per heavy atom. The fourth-order valence-electron chi connectivity index (χ4n) is 2.14. The third-order valence-electron chi connectivity index (χ3n) is 3.24. The fourth-order valence-corrected chi connectivity index (χ4v) is 2.43. The number of rotatable bonds is 5. The van der Waals surface area contributed by atoms with Gasteiger partial charge in [-0.05, 0) is 48.6 Å². The number of aryl methyl sites for hydroxylation is 1. The van der Waals surface area contributed by atoms with Crippen LogP contribution in [0, 0.1) is 6.92 Å². The van der Waals surface area contributed by atoms with Crippen molar-refractivity contribution >= 4 is 37.8 Å². The highest BCUT2D eigenvalue weighted by molar-refractivity contribution is 7.27. The summed E-state index contributed by atoms with van der Waals surface area (Å²) in [6, 6.07) is 15.5. The Bertz CT molecular complexity index is 839. The minimum Gasteiger partial charge on any atom is -0.497 e. The van der Waals surface area contributed by atoms with E-state index in [0.717, 1.165) is 22.4 Å². The van der Waals surface area contributed by atoms with Crippen LogP contribution in [0.25, 0.3) is 0 Å². The number of benzene rings is 2. The molecule has 1 unspecified atom stereocenters. The number of ether oxygens (including phenoxy) is 1. The lowest BCUT2D eigenvalue weighted by molar-refractivity contribution is 0.415. The van der Waals surface area contributed by atoms with Crippen LogP contribution in [0.15, 0.2) is 48.5 Å². The molecule has 1 atom stereocenters. The van der Waals surface area contributed by atoms with E-state index >= 15 is 0 Å². The molecule has 2 N–H and O–H groups in total. The number of methoxy groups -OCH3 is 1. The summed E-state index contributed by atoms with van der Waals surface area (Å²) in [5.74, 6) is 2.41. The molecular weight excluding hydrogens is 321 g/mol. The average Bonchev–Trinajstić information content (AvgIpc) is 2.55. The molecule has 24 heavy (non-hydrogen) atoms. The number of aromatic nitrogens is 3. The molecule has 0 saturated heterocycles. The predicted octanol–water partition coefficient (Wildman–Crippen LogP) is 3.18. The van der Waals surface area contributed by atoms with E-state index in [9.17, 15) is 0 Å². The molecule has 3 aromatic rings. The second-order valence-electron chi connectivity index (χ2n) is 5.13. The molecule has 122 valence electrons. The molecule has 6 nitrogen and oxygen atoms in total. The van der Waals surface area contributed by atoms with Crippen molar-refractivity contribution in [2.45, 2.75) is 6.92 Å². The Morgan fingerprint density at radius 2 is 1.54 bits per heavy atom. The van der Waals surface area contributed by atoms with Crippen molar-refractivity contribution in [1.29, 1.82) is 0 Å². The quantitative estimate of drug-likeness (QED) is 0.696. The first-order valence-electron chi connectivity index (χ1n) is 7.39. The van der Waals surface area contributed by atoms with Gasteiger partial charge in [0.25, 0.3) is 0 Å². The highest BCUT2D eigenvalue weighted by Crippen LogP contribution is 2.19. The highest BCUT2D eigenvalue weighted by Gasteiger charge is 2.05. The van der Waals surface area contributed by atoms with E-state index in [4.69, 9.17) is 4.74 Å². The molecule has 2 aromatic carbocycles. The molecular formula is C17H18N5OP. The van der Waals surface area contributed by atoms with Gasteiger partial charge in [0.2, 0.25) is 11.9 Å². The minimum absolute atomic E-state index is 0.484. The van der Waals surface area contributed by atoms with Crippen LogP contribution in [-0.2, 0) is 0 Å². The lowest BCUT2D eigenvalue weighted by atomic mass is 10.3. The summed E-state index contributed by atoms with van der Waals surface area (Å²) < 4.78 is 5.15. The number of hydrogen-bond acceptors (Lipinski definition) is 6. The van der Waals surface area contributed by atoms with Crippen molar-refractivity contribution in [3.8, 4) is 5.75 Å². The van der Waals surface area contributed by atoms with E-state index in [0.29, 0.717) is 17.7 Å². The maximum absolute atomic E-state index is 5.15. The van der Waals surface area contributed by atoms with Crippen LogP contribution in [0.3, 0.4) is 0 Å². The van der Waals surface area contributed by atoms with Gasteiger partial charge in [-0.2, -0.15) is 15.0 Å². The van der Waals surface area contributed by atoms with Gasteiger partial charge in [0.05, 0.1) is 7.11 Å². The molecule has 7 heteroatoms. The van der Waals surface area contributed by atoms with E-state index < -0.39 is 0 Å². The summed E-state index contributed by atoms with van der Waals surface area (Å²) in [6.45, 7) is 1.83. The second kappa shape index (κ2) is 7.23. The molecule has 1 aromatic heterocycles. The zero-order valence-electron chi connectivity index (χ0n) is 13.4. The third-order valence-corrected chi connectivity index (χ3v) is 3.60. The standard InChI is InChI=1S/C17H18N5OP/c1-11-18-16(20-12-6-8-14(23-2)9-7-12)22-17(19-11)21-13-4-3-5-15(24)10-13/h3-10H,24H2,1-2H3,(H2,18,19,20,21,22). The topological polar surface area (TPSA) is 72.0 Å². The zero-order valence-corrected chi connectivity index (χ0v) is 14.6. The van der Waals surface area contributed by atoms with E-state index in [2.05, 4.69) is 34.8 Å². The molecule has 3 rings (SSSR count). The van der Waals surface area contributed by atoms with Crippen molar-refractivity contribution in [2.75, 3.05) is 17.7 Å². The number of hydrogen-bond donors (Lipinski definition) is 2. The van der Waals surface area contributed by atoms with Crippen LogP contribution >= 0.6 is 9.24 Å². The van der Waals surface area contributed by atoms with Crippen molar-refractivity contribution < 1.29 is 4.74 Å². The smallest absolute Gasteiger partial charge is 0.232 e. The van der Waals surface area contributed by atoms with E-state index in [-0.39, 0.29) is 0 Å². The van der Waals surface area contributed by atoms with Gasteiger partial charge >= 0.3 is 0 Å². The molecule has 0 fully saturated rings. The lowest BCUT2D eigenvalue weighted by Gasteiger charge is -2.10. The number of anilines is 4. The van der Waals surface area contributed by atoms with Crippen molar-refractivity contribution in [1.82, 2.24) is 15.0 Å². The maximum Gasteiger partial charge on any atom is 0.232 e. The van der Waals surface area contributed by atoms with Crippen LogP contribution in [0.5, 0.6) is 5.75 Å². The summed E-state index contributed by atoms with van der Waals surface area (Å²) in [5, 5.41) is 7.45. The summed E-state index contributed by atoms with van der Waals surface area (Å²) in [6.07, 6.45) is 0. The first kappa shape index (κ1) is 16.1. The van der Waals surface area contributed by atoms with Crippen LogP contribution in [-0.4, -0.2) is 22.1 Å². The third kappa shape index (κ3) is 4.18. The van der Waals surface area contributed by atoms with Crippen LogP contribution in [0.1, 0.15) is 5.82 Å². The number of nitrogens with zero attached hydrogens (tertiary/aromatic N) is 3. The van der Waals surface area contributed by atoms with Crippen LogP contribution in [0.2, 0.25) is 0 Å². The summed E-state index contributed by atoms with van der Waals surface area (Å²) in [7, 11) is 4.30. The molecule has 0 aliphatic heterocycles. The molecule has 0 aliphatic rings. The number of nitrogens with one attached hydrogen (secondary N) is 2. The average molecular weight is 339 g/mol. The fraction of sp³-hybridized carbons (Fsp3) is 0.118. The second-order valence-corrected chi connectivity index (χ2v) is 5.80. The zero-order chi connectivity index (χ0) is 16.9. The van der Waals surface area contributed by atoms with Crippen molar-refractivity contribution in [3.05, 3.63) is 54.4 Å². The Kier molecular flexibility index (Phi) is 4.87. The van der Waals surface area contributed by atoms with Gasteiger partial charge in [0, 0.05) is 11.4 Å². The molecule has 0 aliphatic carbocycles. The molecule has 0 bridgehead atoms. The van der Waals surface area contributed by atoms with Gasteiger partial charge in [-0.1, -0.05) is 12.1 Å². The maximum atomic E-state index is 5.15. The molecule has 1 heterocycles. The summed E-state index contributed by atoms with van der Waals surface area (Å²) in [5.41, 5.74) is 1.79. The minimum atomic E-state index is 0.484. The molecule has 0 spiro atoms. The summed E-state index contributed by atoms with van der Waals surface area (Å²) >= 11 is 0. The van der Waals surface area contributed by atoms with Crippen LogP contribution < -0.4 is 20.7 Å². The monoisotopic (exact) mass is 339 g/mol. The van der Waals surface area contributed by atoms with Gasteiger partial charge in [0.1, 0.15) is 11.6 Å². The first-order chi connectivity index (χ1) is 11.6. The Balaban J connectivity index is 1.80. The Hall–Kier alpha value is -2.72. The van der Waals surface area contributed by atoms with E-state index in [1.165, 1.54) is 0 Å². The predicted molar refractivity (Wildman–Crippen MR) is 99.9 cm³/mol. The molecule has 0 saturated carbocycles. The highest BCUT2D eigenvalue weighted by atomic mass is 31.0. The lowest BCUT2D eigenvalue weighted by Crippen LogP contribution is -2.06.